The third-order valence-electron chi connectivity index (χ3n) is 5.26. The van der Waals surface area contributed by atoms with Gasteiger partial charge in [-0.1, -0.05) is 54.5 Å². The molecule has 1 heterocycles. The lowest BCUT2D eigenvalue weighted by Crippen LogP contribution is -2.40. The van der Waals surface area contributed by atoms with Crippen LogP contribution in [0.4, 0.5) is 5.69 Å². The van der Waals surface area contributed by atoms with E-state index in [2.05, 4.69) is 17.1 Å². The molecule has 0 spiro atoms. The Labute approximate surface area is 181 Å². The smallest absolute Gasteiger partial charge is 0.270 e. The van der Waals surface area contributed by atoms with E-state index in [1.165, 1.54) is 12.1 Å². The fraction of sp³-hybridized carbons (Fsp3) is 0.348. The van der Waals surface area contributed by atoms with Crippen molar-refractivity contribution in [2.75, 3.05) is 6.54 Å². The number of nitro benzene ring substituents is 1. The number of carbonyl (C=O) groups excluding carboxylic acids is 1. The minimum atomic E-state index is -0.463. The predicted molar refractivity (Wildman–Crippen MR) is 116 cm³/mol. The first kappa shape index (κ1) is 22.1. The summed E-state index contributed by atoms with van der Waals surface area (Å²) in [5, 5.41) is 14.9. The standard InChI is InChI=1S/C23H26N4O4/c1-3-17(2)26(22(28)13-12-18-8-5-4-6-9-18)15-14-21-24-23(25-31-21)19-10-7-11-20(16-19)27(29)30/h4-11,16-17H,3,12-15H2,1-2H3. The maximum Gasteiger partial charge on any atom is 0.270 e. The average molecular weight is 422 g/mol. The van der Waals surface area contributed by atoms with Gasteiger partial charge in [-0.3, -0.25) is 14.9 Å². The van der Waals surface area contributed by atoms with Crippen molar-refractivity contribution >= 4 is 11.6 Å². The largest absolute Gasteiger partial charge is 0.339 e. The number of non-ortho nitro benzene ring substituents is 1. The van der Waals surface area contributed by atoms with Gasteiger partial charge in [0, 0.05) is 43.1 Å². The Balaban J connectivity index is 1.63. The molecule has 1 atom stereocenters. The predicted octanol–water partition coefficient (Wildman–Crippen LogP) is 4.45. The summed E-state index contributed by atoms with van der Waals surface area (Å²) in [6.45, 7) is 4.55. The van der Waals surface area contributed by atoms with Crippen molar-refractivity contribution in [3.05, 3.63) is 76.2 Å². The van der Waals surface area contributed by atoms with E-state index >= 15 is 0 Å². The molecule has 2 aromatic carbocycles. The monoisotopic (exact) mass is 422 g/mol. The number of amides is 1. The summed E-state index contributed by atoms with van der Waals surface area (Å²) in [4.78, 5) is 29.6. The highest BCUT2D eigenvalue weighted by atomic mass is 16.6. The first-order valence-electron chi connectivity index (χ1n) is 10.4. The second-order valence-electron chi connectivity index (χ2n) is 7.40. The van der Waals surface area contributed by atoms with Crippen LogP contribution in [0.15, 0.2) is 59.1 Å². The number of aromatic nitrogens is 2. The van der Waals surface area contributed by atoms with Crippen LogP contribution in [-0.4, -0.2) is 38.5 Å². The van der Waals surface area contributed by atoms with Gasteiger partial charge in [-0.2, -0.15) is 4.98 Å². The van der Waals surface area contributed by atoms with Crippen LogP contribution in [0.25, 0.3) is 11.4 Å². The van der Waals surface area contributed by atoms with Crippen molar-refractivity contribution in [3.63, 3.8) is 0 Å². The second kappa shape index (κ2) is 10.5. The molecule has 31 heavy (non-hydrogen) atoms. The highest BCUT2D eigenvalue weighted by molar-refractivity contribution is 5.76. The number of benzene rings is 2. The Morgan fingerprint density at radius 3 is 2.65 bits per heavy atom. The minimum Gasteiger partial charge on any atom is -0.339 e. The molecule has 3 aromatic rings. The summed E-state index contributed by atoms with van der Waals surface area (Å²) in [7, 11) is 0. The van der Waals surface area contributed by atoms with Crippen LogP contribution in [0, 0.1) is 10.1 Å². The van der Waals surface area contributed by atoms with Crippen LogP contribution in [0.1, 0.15) is 38.1 Å². The van der Waals surface area contributed by atoms with E-state index in [-0.39, 0.29) is 17.6 Å². The molecule has 0 saturated carbocycles. The maximum absolute atomic E-state index is 12.9. The average Bonchev–Trinajstić information content (AvgIpc) is 3.27. The summed E-state index contributed by atoms with van der Waals surface area (Å²) in [6, 6.07) is 16.2. The molecule has 0 bridgehead atoms. The van der Waals surface area contributed by atoms with Gasteiger partial charge in [0.15, 0.2) is 0 Å². The quantitative estimate of drug-likeness (QED) is 0.353. The lowest BCUT2D eigenvalue weighted by molar-refractivity contribution is -0.384. The van der Waals surface area contributed by atoms with E-state index < -0.39 is 4.92 Å². The Morgan fingerprint density at radius 2 is 1.94 bits per heavy atom. The van der Waals surface area contributed by atoms with E-state index in [1.54, 1.807) is 12.1 Å². The van der Waals surface area contributed by atoms with Gasteiger partial charge >= 0.3 is 0 Å². The molecule has 8 nitrogen and oxygen atoms in total. The summed E-state index contributed by atoms with van der Waals surface area (Å²) in [5.74, 6) is 0.784. The first-order chi connectivity index (χ1) is 15.0. The minimum absolute atomic E-state index is 0.0317. The summed E-state index contributed by atoms with van der Waals surface area (Å²) >= 11 is 0. The lowest BCUT2D eigenvalue weighted by Gasteiger charge is -2.28. The van der Waals surface area contributed by atoms with Crippen LogP contribution in [0.2, 0.25) is 0 Å². The van der Waals surface area contributed by atoms with E-state index in [0.29, 0.717) is 43.1 Å². The molecular formula is C23H26N4O4. The molecule has 0 aliphatic carbocycles. The van der Waals surface area contributed by atoms with Crippen LogP contribution in [-0.2, 0) is 17.6 Å². The molecule has 1 unspecified atom stereocenters. The normalized spacial score (nSPS) is 11.8. The number of rotatable bonds is 10. The van der Waals surface area contributed by atoms with Crippen molar-refractivity contribution in [2.24, 2.45) is 0 Å². The molecule has 0 saturated heterocycles. The van der Waals surface area contributed by atoms with Crippen molar-refractivity contribution in [1.29, 1.82) is 0 Å². The SMILES string of the molecule is CCC(C)N(CCc1nc(-c2cccc([N+](=O)[O-])c2)no1)C(=O)CCc1ccccc1. The zero-order valence-electron chi connectivity index (χ0n) is 17.7. The Morgan fingerprint density at radius 1 is 1.16 bits per heavy atom. The van der Waals surface area contributed by atoms with Gasteiger partial charge in [0.2, 0.25) is 17.6 Å². The molecule has 8 heteroatoms. The van der Waals surface area contributed by atoms with Crippen LogP contribution < -0.4 is 0 Å². The van der Waals surface area contributed by atoms with Crippen molar-refractivity contribution < 1.29 is 14.2 Å². The number of hydrogen-bond acceptors (Lipinski definition) is 6. The number of aryl methyl sites for hydroxylation is 1. The molecule has 0 radical (unpaired) electrons. The number of carbonyl (C=O) groups is 1. The highest BCUT2D eigenvalue weighted by Crippen LogP contribution is 2.21. The van der Waals surface area contributed by atoms with Crippen molar-refractivity contribution in [1.82, 2.24) is 15.0 Å². The van der Waals surface area contributed by atoms with Gasteiger partial charge in [-0.05, 0) is 25.3 Å². The van der Waals surface area contributed by atoms with Crippen LogP contribution >= 0.6 is 0 Å². The molecule has 0 aliphatic heterocycles. The third kappa shape index (κ3) is 5.97. The van der Waals surface area contributed by atoms with Crippen LogP contribution in [0.3, 0.4) is 0 Å². The third-order valence-corrected chi connectivity index (χ3v) is 5.26. The molecule has 3 rings (SSSR count). The van der Waals surface area contributed by atoms with Gasteiger partial charge in [0.05, 0.1) is 4.92 Å². The maximum atomic E-state index is 12.9. The molecule has 1 amide bonds. The molecule has 0 aliphatic rings. The second-order valence-corrected chi connectivity index (χ2v) is 7.40. The molecule has 0 fully saturated rings. The topological polar surface area (TPSA) is 102 Å². The molecule has 1 aromatic heterocycles. The lowest BCUT2D eigenvalue weighted by atomic mass is 10.1. The molecule has 0 N–H and O–H groups in total. The van der Waals surface area contributed by atoms with Gasteiger partial charge in [-0.15, -0.1) is 0 Å². The Bertz CT molecular complexity index is 1020. The first-order valence-corrected chi connectivity index (χ1v) is 10.4. The van der Waals surface area contributed by atoms with Crippen molar-refractivity contribution in [3.8, 4) is 11.4 Å². The Kier molecular flexibility index (Phi) is 7.48. The zero-order valence-corrected chi connectivity index (χ0v) is 17.7. The Hall–Kier alpha value is -3.55. The number of hydrogen-bond donors (Lipinski definition) is 0. The molecule has 162 valence electrons. The van der Waals surface area contributed by atoms with Gasteiger partial charge < -0.3 is 9.42 Å². The van der Waals surface area contributed by atoms with E-state index in [9.17, 15) is 14.9 Å². The highest BCUT2D eigenvalue weighted by Gasteiger charge is 2.20. The fourth-order valence-electron chi connectivity index (χ4n) is 3.30. The summed E-state index contributed by atoms with van der Waals surface area (Å²) < 4.78 is 5.32. The van der Waals surface area contributed by atoms with E-state index in [0.717, 1.165) is 12.0 Å². The zero-order chi connectivity index (χ0) is 22.2. The molecular weight excluding hydrogens is 396 g/mol. The van der Waals surface area contributed by atoms with Crippen LogP contribution in [0.5, 0.6) is 0 Å². The van der Waals surface area contributed by atoms with Crippen molar-refractivity contribution in [2.45, 2.75) is 45.6 Å². The van der Waals surface area contributed by atoms with Gasteiger partial charge in [0.1, 0.15) is 0 Å². The number of nitrogens with zero attached hydrogens (tertiary/aromatic N) is 4. The summed E-state index contributed by atoms with van der Waals surface area (Å²) in [6.07, 6.45) is 2.41. The van der Waals surface area contributed by atoms with E-state index in [1.807, 2.05) is 42.2 Å². The summed E-state index contributed by atoms with van der Waals surface area (Å²) in [5.41, 5.74) is 1.62. The van der Waals surface area contributed by atoms with Gasteiger partial charge in [-0.25, -0.2) is 0 Å². The van der Waals surface area contributed by atoms with Gasteiger partial charge in [0.25, 0.3) is 5.69 Å². The number of nitro groups is 1. The van der Waals surface area contributed by atoms with E-state index in [4.69, 9.17) is 4.52 Å². The fourth-order valence-corrected chi connectivity index (χ4v) is 3.30.